The van der Waals surface area contributed by atoms with Crippen molar-refractivity contribution in [2.45, 2.75) is 31.5 Å². The Morgan fingerprint density at radius 1 is 1.06 bits per heavy atom. The van der Waals surface area contributed by atoms with Crippen LogP contribution in [0.3, 0.4) is 0 Å². The molecule has 0 fully saturated rings. The predicted octanol–water partition coefficient (Wildman–Crippen LogP) is 7.56. The fourth-order valence-corrected chi connectivity index (χ4v) is 4.70. The molecule has 0 saturated heterocycles. The lowest BCUT2D eigenvalue weighted by molar-refractivity contribution is -0.183. The molecule has 0 aromatic heterocycles. The Bertz CT molecular complexity index is 1270. The van der Waals surface area contributed by atoms with Crippen molar-refractivity contribution < 1.29 is 22.7 Å². The molecule has 0 N–H and O–H groups in total. The topological polar surface area (TPSA) is 38.7 Å². The van der Waals surface area contributed by atoms with Gasteiger partial charge in [-0.05, 0) is 34.0 Å². The highest BCUT2D eigenvalue weighted by Crippen LogP contribution is 2.50. The summed E-state index contributed by atoms with van der Waals surface area (Å²) in [5.74, 6) is -0.418. The maximum Gasteiger partial charge on any atom is 0.400 e. The zero-order valence-corrected chi connectivity index (χ0v) is 19.5. The van der Waals surface area contributed by atoms with Crippen LogP contribution in [-0.2, 0) is 21.6 Å². The minimum Gasteiger partial charge on any atom is -0.461 e. The number of hydrogen-bond donors (Lipinski definition) is 0. The van der Waals surface area contributed by atoms with Crippen LogP contribution in [0, 0.1) is 0 Å². The molecule has 33 heavy (non-hydrogen) atoms. The number of hydrogen-bond acceptors (Lipinski definition) is 3. The van der Waals surface area contributed by atoms with E-state index in [2.05, 4.69) is 4.99 Å². The van der Waals surface area contributed by atoms with Crippen molar-refractivity contribution in [3.8, 4) is 0 Å². The Hall–Kier alpha value is -2.28. The number of esters is 1. The molecular formula is C24H17Cl3F3NO2. The number of fused-ring (bicyclic) bond motifs is 1. The normalized spacial score (nSPS) is 18.5. The highest BCUT2D eigenvalue weighted by Gasteiger charge is 2.58. The molecule has 1 aliphatic rings. The summed E-state index contributed by atoms with van der Waals surface area (Å²) in [7, 11) is 0. The molecule has 0 radical (unpaired) electrons. The monoisotopic (exact) mass is 513 g/mol. The van der Waals surface area contributed by atoms with Crippen LogP contribution in [0.5, 0.6) is 0 Å². The molecule has 4 rings (SSSR count). The lowest BCUT2D eigenvalue weighted by Gasteiger charge is -2.32. The van der Waals surface area contributed by atoms with Gasteiger partial charge in [0.15, 0.2) is 0 Å². The largest absolute Gasteiger partial charge is 0.461 e. The second-order valence-electron chi connectivity index (χ2n) is 7.87. The number of aliphatic imine (C=N–C) groups is 1. The summed E-state index contributed by atoms with van der Waals surface area (Å²) in [6, 6.07) is 13.1. The third-order valence-corrected chi connectivity index (χ3v) is 7.04. The molecule has 0 saturated carbocycles. The number of ether oxygens (including phenoxy) is 1. The van der Waals surface area contributed by atoms with Gasteiger partial charge in [0.2, 0.25) is 0 Å². The summed E-state index contributed by atoms with van der Waals surface area (Å²) in [6.45, 7) is 0.885. The summed E-state index contributed by atoms with van der Waals surface area (Å²) in [5, 5.41) is 1.42. The maximum atomic E-state index is 14.5. The maximum absolute atomic E-state index is 14.5. The van der Waals surface area contributed by atoms with Gasteiger partial charge in [0.05, 0.1) is 21.6 Å². The van der Waals surface area contributed by atoms with Gasteiger partial charge in [-0.2, -0.15) is 13.2 Å². The van der Waals surface area contributed by atoms with E-state index < -0.39 is 24.1 Å². The molecule has 1 atom stereocenters. The van der Waals surface area contributed by atoms with E-state index in [9.17, 15) is 18.0 Å². The van der Waals surface area contributed by atoms with E-state index in [0.29, 0.717) is 11.3 Å². The molecule has 1 heterocycles. The number of alkyl halides is 3. The molecule has 0 spiro atoms. The number of carbonyl (C=O) groups is 1. The van der Waals surface area contributed by atoms with Crippen molar-refractivity contribution >= 4 is 57.3 Å². The lowest BCUT2D eigenvalue weighted by Crippen LogP contribution is -2.43. The van der Waals surface area contributed by atoms with Crippen molar-refractivity contribution in [2.75, 3.05) is 6.54 Å². The highest BCUT2D eigenvalue weighted by atomic mass is 35.5. The molecular weight excluding hydrogens is 498 g/mol. The third kappa shape index (κ3) is 4.32. The molecule has 1 unspecified atom stereocenters. The summed E-state index contributed by atoms with van der Waals surface area (Å²) < 4.78 is 48.5. The molecule has 3 nitrogen and oxygen atoms in total. The van der Waals surface area contributed by atoms with Crippen LogP contribution in [0.1, 0.15) is 30.0 Å². The van der Waals surface area contributed by atoms with Crippen molar-refractivity contribution in [1.29, 1.82) is 0 Å². The van der Waals surface area contributed by atoms with Crippen molar-refractivity contribution in [3.05, 3.63) is 80.3 Å². The zero-order valence-electron chi connectivity index (χ0n) is 17.3. The van der Waals surface area contributed by atoms with E-state index in [1.165, 1.54) is 19.1 Å². The molecule has 0 amide bonds. The van der Waals surface area contributed by atoms with Crippen LogP contribution in [0.4, 0.5) is 13.2 Å². The second-order valence-corrected chi connectivity index (χ2v) is 9.06. The first-order valence-corrected chi connectivity index (χ1v) is 11.1. The van der Waals surface area contributed by atoms with Gasteiger partial charge in [-0.25, -0.2) is 0 Å². The van der Waals surface area contributed by atoms with E-state index in [4.69, 9.17) is 39.5 Å². The standard InChI is InChI=1S/C24H17Cl3F3NO2/c1-13(32)33-11-14-6-7-18(17-5-3-2-4-16(14)17)21-10-23(12-31-21,24(28,29)30)15-8-19(25)22(27)20(26)9-15/h2-9H,10-12H2,1H3. The molecule has 1 aliphatic heterocycles. The zero-order chi connectivity index (χ0) is 24.0. The van der Waals surface area contributed by atoms with Gasteiger partial charge in [0, 0.05) is 24.6 Å². The third-order valence-electron chi connectivity index (χ3n) is 5.84. The number of nitrogens with zero attached hydrogens (tertiary/aromatic N) is 1. The summed E-state index contributed by atoms with van der Waals surface area (Å²) in [6.07, 6.45) is -4.98. The summed E-state index contributed by atoms with van der Waals surface area (Å²) in [4.78, 5) is 15.6. The lowest BCUT2D eigenvalue weighted by atomic mass is 9.76. The molecule has 3 aromatic rings. The van der Waals surface area contributed by atoms with Crippen LogP contribution in [-0.4, -0.2) is 24.4 Å². The van der Waals surface area contributed by atoms with Gasteiger partial charge >= 0.3 is 12.1 Å². The Balaban J connectivity index is 1.78. The molecule has 172 valence electrons. The first-order valence-electron chi connectivity index (χ1n) is 9.93. The molecule has 3 aromatic carbocycles. The number of benzene rings is 3. The average molecular weight is 515 g/mol. The van der Waals surface area contributed by atoms with Crippen LogP contribution in [0.15, 0.2) is 53.5 Å². The quantitative estimate of drug-likeness (QED) is 0.266. The summed E-state index contributed by atoms with van der Waals surface area (Å²) >= 11 is 18.1. The molecule has 0 aliphatic carbocycles. The van der Waals surface area contributed by atoms with Crippen molar-refractivity contribution in [2.24, 2.45) is 4.99 Å². The number of halogens is 6. The fraction of sp³-hybridized carbons (Fsp3) is 0.250. The Morgan fingerprint density at radius 3 is 2.30 bits per heavy atom. The Labute approximate surface area is 203 Å². The summed E-state index contributed by atoms with van der Waals surface area (Å²) in [5.41, 5.74) is -0.692. The van der Waals surface area contributed by atoms with E-state index in [-0.39, 0.29) is 33.7 Å². The van der Waals surface area contributed by atoms with E-state index in [1.807, 2.05) is 18.2 Å². The van der Waals surface area contributed by atoms with Gasteiger partial charge in [0.1, 0.15) is 12.0 Å². The van der Waals surface area contributed by atoms with Crippen LogP contribution in [0.2, 0.25) is 15.1 Å². The van der Waals surface area contributed by atoms with Gasteiger partial charge in [-0.1, -0.05) is 71.2 Å². The predicted molar refractivity (Wildman–Crippen MR) is 125 cm³/mol. The van der Waals surface area contributed by atoms with Crippen LogP contribution in [0.25, 0.3) is 10.8 Å². The van der Waals surface area contributed by atoms with Crippen LogP contribution < -0.4 is 0 Å². The minimum atomic E-state index is -4.61. The Kier molecular flexibility index (Phi) is 6.38. The second kappa shape index (κ2) is 8.82. The molecule has 9 heteroatoms. The van der Waals surface area contributed by atoms with Crippen molar-refractivity contribution in [1.82, 2.24) is 0 Å². The Morgan fingerprint density at radius 2 is 1.70 bits per heavy atom. The van der Waals surface area contributed by atoms with Gasteiger partial charge in [-0.15, -0.1) is 0 Å². The van der Waals surface area contributed by atoms with Gasteiger partial charge < -0.3 is 4.74 Å². The first kappa shape index (κ1) is 23.9. The number of carbonyl (C=O) groups excluding carboxylic acids is 1. The van der Waals surface area contributed by atoms with Crippen LogP contribution >= 0.6 is 34.8 Å². The first-order chi connectivity index (χ1) is 15.5. The van der Waals surface area contributed by atoms with Crippen molar-refractivity contribution in [3.63, 3.8) is 0 Å². The van der Waals surface area contributed by atoms with E-state index >= 15 is 0 Å². The average Bonchev–Trinajstić information content (AvgIpc) is 3.22. The van der Waals surface area contributed by atoms with Gasteiger partial charge in [0.25, 0.3) is 0 Å². The fourth-order valence-electron chi connectivity index (χ4n) is 4.11. The SMILES string of the molecule is CC(=O)OCc1ccc(C2=NCC(c3cc(Cl)c(Cl)c(Cl)c3)(C(F)(F)F)C2)c2ccccc12. The van der Waals surface area contributed by atoms with E-state index in [1.54, 1.807) is 18.2 Å². The smallest absolute Gasteiger partial charge is 0.400 e. The number of rotatable bonds is 4. The van der Waals surface area contributed by atoms with E-state index in [0.717, 1.165) is 16.3 Å². The molecule has 0 bridgehead atoms. The highest BCUT2D eigenvalue weighted by molar-refractivity contribution is 6.48. The minimum absolute atomic E-state index is 0.00732. The van der Waals surface area contributed by atoms with Gasteiger partial charge in [-0.3, -0.25) is 9.79 Å².